The fraction of sp³-hybridized carbons (Fsp3) is 0.562. The van der Waals surface area contributed by atoms with Gasteiger partial charge in [0.1, 0.15) is 0 Å². The zero-order valence-electron chi connectivity index (χ0n) is 13.6. The van der Waals surface area contributed by atoms with E-state index in [1.54, 1.807) is 14.2 Å². The second-order valence-electron chi connectivity index (χ2n) is 5.63. The molecule has 0 aromatic heterocycles. The van der Waals surface area contributed by atoms with E-state index < -0.39 is 0 Å². The molecular weight excluding hydrogens is 304 g/mol. The molecule has 22 heavy (non-hydrogen) atoms. The lowest BCUT2D eigenvalue weighted by Gasteiger charge is -2.36. The SMILES string of the molecule is COc1ccc(CC(=O)N2CC(C)NC(C)C2)cc1OC.Cl. The summed E-state index contributed by atoms with van der Waals surface area (Å²) in [5.74, 6) is 1.49. The summed E-state index contributed by atoms with van der Waals surface area (Å²) in [5.41, 5.74) is 0.941. The zero-order chi connectivity index (χ0) is 15.4. The number of ether oxygens (including phenoxy) is 2. The highest BCUT2D eigenvalue weighted by molar-refractivity contribution is 5.85. The van der Waals surface area contributed by atoms with Crippen molar-refractivity contribution in [2.75, 3.05) is 27.3 Å². The molecule has 0 radical (unpaired) electrons. The predicted octanol–water partition coefficient (Wildman–Crippen LogP) is 1.88. The maximum absolute atomic E-state index is 12.4. The topological polar surface area (TPSA) is 50.8 Å². The highest BCUT2D eigenvalue weighted by Crippen LogP contribution is 2.27. The Kier molecular flexibility index (Phi) is 6.97. The molecule has 0 spiro atoms. The minimum absolute atomic E-state index is 0. The summed E-state index contributed by atoms with van der Waals surface area (Å²) >= 11 is 0. The van der Waals surface area contributed by atoms with Crippen molar-refractivity contribution in [3.05, 3.63) is 23.8 Å². The van der Waals surface area contributed by atoms with Gasteiger partial charge in [-0.1, -0.05) is 6.07 Å². The molecule has 1 amide bonds. The van der Waals surface area contributed by atoms with Gasteiger partial charge in [-0.2, -0.15) is 0 Å². The lowest BCUT2D eigenvalue weighted by Crippen LogP contribution is -2.56. The van der Waals surface area contributed by atoms with E-state index in [-0.39, 0.29) is 18.3 Å². The van der Waals surface area contributed by atoms with Crippen molar-refractivity contribution < 1.29 is 14.3 Å². The predicted molar refractivity (Wildman–Crippen MR) is 89.1 cm³/mol. The third kappa shape index (κ3) is 4.52. The first kappa shape index (κ1) is 18.6. The van der Waals surface area contributed by atoms with Gasteiger partial charge in [-0.3, -0.25) is 4.79 Å². The molecule has 0 bridgehead atoms. The monoisotopic (exact) mass is 328 g/mol. The first-order valence-electron chi connectivity index (χ1n) is 7.28. The number of benzene rings is 1. The summed E-state index contributed by atoms with van der Waals surface area (Å²) in [5, 5.41) is 3.43. The van der Waals surface area contributed by atoms with Gasteiger partial charge in [-0.05, 0) is 31.5 Å². The summed E-state index contributed by atoms with van der Waals surface area (Å²) in [7, 11) is 3.20. The Morgan fingerprint density at radius 1 is 1.18 bits per heavy atom. The van der Waals surface area contributed by atoms with Gasteiger partial charge in [-0.15, -0.1) is 12.4 Å². The third-order valence-corrected chi connectivity index (χ3v) is 3.71. The highest BCUT2D eigenvalue weighted by Gasteiger charge is 2.24. The maximum Gasteiger partial charge on any atom is 0.227 e. The molecular formula is C16H25ClN2O3. The summed E-state index contributed by atoms with van der Waals surface area (Å²) < 4.78 is 10.5. The number of hydrogen-bond donors (Lipinski definition) is 1. The Morgan fingerprint density at radius 2 is 1.77 bits per heavy atom. The number of methoxy groups -OCH3 is 2. The minimum Gasteiger partial charge on any atom is -0.493 e. The number of halogens is 1. The minimum atomic E-state index is 0. The lowest BCUT2D eigenvalue weighted by atomic mass is 10.1. The number of amides is 1. The van der Waals surface area contributed by atoms with Crippen LogP contribution in [0.3, 0.4) is 0 Å². The molecule has 1 aromatic carbocycles. The van der Waals surface area contributed by atoms with Crippen LogP contribution >= 0.6 is 12.4 Å². The molecule has 6 heteroatoms. The molecule has 5 nitrogen and oxygen atoms in total. The molecule has 1 aliphatic rings. The van der Waals surface area contributed by atoms with Gasteiger partial charge in [0.25, 0.3) is 0 Å². The van der Waals surface area contributed by atoms with Crippen molar-refractivity contribution in [3.8, 4) is 11.5 Å². The van der Waals surface area contributed by atoms with E-state index in [4.69, 9.17) is 9.47 Å². The second kappa shape index (κ2) is 8.25. The number of hydrogen-bond acceptors (Lipinski definition) is 4. The van der Waals surface area contributed by atoms with E-state index in [0.29, 0.717) is 30.0 Å². The first-order chi connectivity index (χ1) is 10.0. The number of nitrogens with one attached hydrogen (secondary N) is 1. The van der Waals surface area contributed by atoms with Gasteiger partial charge >= 0.3 is 0 Å². The van der Waals surface area contributed by atoms with E-state index in [1.165, 1.54) is 0 Å². The van der Waals surface area contributed by atoms with Gasteiger partial charge in [0.15, 0.2) is 11.5 Å². The van der Waals surface area contributed by atoms with E-state index in [0.717, 1.165) is 18.7 Å². The Bertz CT molecular complexity index is 500. The fourth-order valence-corrected chi connectivity index (χ4v) is 2.81. The van der Waals surface area contributed by atoms with Crippen molar-refractivity contribution in [1.29, 1.82) is 0 Å². The molecule has 1 heterocycles. The average Bonchev–Trinajstić information content (AvgIpc) is 2.46. The first-order valence-corrected chi connectivity index (χ1v) is 7.28. The zero-order valence-corrected chi connectivity index (χ0v) is 14.4. The summed E-state index contributed by atoms with van der Waals surface area (Å²) in [4.78, 5) is 14.4. The van der Waals surface area contributed by atoms with Crippen LogP contribution in [-0.2, 0) is 11.2 Å². The second-order valence-corrected chi connectivity index (χ2v) is 5.63. The van der Waals surface area contributed by atoms with Crippen LogP contribution in [0.5, 0.6) is 11.5 Å². The van der Waals surface area contributed by atoms with Crippen molar-refractivity contribution in [2.45, 2.75) is 32.4 Å². The largest absolute Gasteiger partial charge is 0.493 e. The number of piperazine rings is 1. The average molecular weight is 329 g/mol. The van der Waals surface area contributed by atoms with Crippen LogP contribution in [0.2, 0.25) is 0 Å². The van der Waals surface area contributed by atoms with Crippen molar-refractivity contribution in [1.82, 2.24) is 10.2 Å². The summed E-state index contributed by atoms with van der Waals surface area (Å²) in [6, 6.07) is 6.29. The number of nitrogens with zero attached hydrogens (tertiary/aromatic N) is 1. The van der Waals surface area contributed by atoms with Gasteiger partial charge in [0.05, 0.1) is 20.6 Å². The van der Waals surface area contributed by atoms with Gasteiger partial charge in [0, 0.05) is 25.2 Å². The number of carbonyl (C=O) groups excluding carboxylic acids is 1. The Hall–Kier alpha value is -1.46. The van der Waals surface area contributed by atoms with Crippen LogP contribution in [-0.4, -0.2) is 50.2 Å². The molecule has 1 aromatic rings. The normalized spacial score (nSPS) is 21.0. The van der Waals surface area contributed by atoms with Crippen LogP contribution in [0.4, 0.5) is 0 Å². The van der Waals surface area contributed by atoms with E-state index in [1.807, 2.05) is 23.1 Å². The molecule has 1 fully saturated rings. The maximum atomic E-state index is 12.4. The molecule has 2 rings (SSSR count). The van der Waals surface area contributed by atoms with Crippen LogP contribution in [0.25, 0.3) is 0 Å². The van der Waals surface area contributed by atoms with E-state index in [9.17, 15) is 4.79 Å². The Morgan fingerprint density at radius 3 is 2.32 bits per heavy atom. The molecule has 124 valence electrons. The van der Waals surface area contributed by atoms with Crippen molar-refractivity contribution in [2.24, 2.45) is 0 Å². The van der Waals surface area contributed by atoms with Crippen molar-refractivity contribution in [3.63, 3.8) is 0 Å². The Labute approximate surface area is 138 Å². The van der Waals surface area contributed by atoms with Crippen LogP contribution in [0.15, 0.2) is 18.2 Å². The molecule has 1 aliphatic heterocycles. The van der Waals surface area contributed by atoms with Crippen molar-refractivity contribution >= 4 is 18.3 Å². The number of rotatable bonds is 4. The highest BCUT2D eigenvalue weighted by atomic mass is 35.5. The molecule has 0 saturated carbocycles. The van der Waals surface area contributed by atoms with Crippen LogP contribution in [0, 0.1) is 0 Å². The molecule has 2 atom stereocenters. The van der Waals surface area contributed by atoms with E-state index >= 15 is 0 Å². The fourth-order valence-electron chi connectivity index (χ4n) is 2.81. The van der Waals surface area contributed by atoms with Gasteiger partial charge in [-0.25, -0.2) is 0 Å². The summed E-state index contributed by atoms with van der Waals surface area (Å²) in [6.45, 7) is 5.73. The molecule has 0 aliphatic carbocycles. The van der Waals surface area contributed by atoms with Crippen LogP contribution in [0.1, 0.15) is 19.4 Å². The lowest BCUT2D eigenvalue weighted by molar-refractivity contribution is -0.132. The smallest absolute Gasteiger partial charge is 0.227 e. The Balaban J connectivity index is 0.00000242. The summed E-state index contributed by atoms with van der Waals surface area (Å²) in [6.07, 6.45) is 0.389. The third-order valence-electron chi connectivity index (χ3n) is 3.71. The standard InChI is InChI=1S/C16H24N2O3.ClH/c1-11-9-18(10-12(2)17-11)16(19)8-13-5-6-14(20-3)15(7-13)21-4;/h5-7,11-12,17H,8-10H2,1-4H3;1H. The molecule has 1 N–H and O–H groups in total. The van der Waals surface area contributed by atoms with Gasteiger partial charge in [0.2, 0.25) is 5.91 Å². The van der Waals surface area contributed by atoms with Gasteiger partial charge < -0.3 is 19.7 Å². The molecule has 1 saturated heterocycles. The quantitative estimate of drug-likeness (QED) is 0.917. The van der Waals surface area contributed by atoms with E-state index in [2.05, 4.69) is 19.2 Å². The van der Waals surface area contributed by atoms with Crippen LogP contribution < -0.4 is 14.8 Å². The molecule has 2 unspecified atom stereocenters. The number of carbonyl (C=O) groups is 1.